The van der Waals surface area contributed by atoms with Crippen molar-refractivity contribution in [3.63, 3.8) is 0 Å². The van der Waals surface area contributed by atoms with Crippen molar-refractivity contribution in [2.45, 2.75) is 12.5 Å². The molecule has 6 heteroatoms. The molecule has 0 aromatic heterocycles. The number of benzene rings is 2. The minimum absolute atomic E-state index is 0.248. The molecular formula is C16H13FN2O3. The number of amides is 2. The third-order valence-electron chi connectivity index (χ3n) is 3.35. The van der Waals surface area contributed by atoms with E-state index in [0.29, 0.717) is 12.2 Å². The molecule has 1 aliphatic rings. The Labute approximate surface area is 126 Å². The summed E-state index contributed by atoms with van der Waals surface area (Å²) >= 11 is 0. The topological polar surface area (TPSA) is 67.4 Å². The van der Waals surface area contributed by atoms with Crippen molar-refractivity contribution in [2.75, 3.05) is 0 Å². The predicted molar refractivity (Wildman–Crippen MR) is 76.6 cm³/mol. The minimum Gasteiger partial charge on any atom is -0.480 e. The summed E-state index contributed by atoms with van der Waals surface area (Å²) in [6, 6.07) is 12.4. The summed E-state index contributed by atoms with van der Waals surface area (Å²) in [5.74, 6) is -0.722. The van der Waals surface area contributed by atoms with E-state index in [1.54, 1.807) is 6.07 Å². The molecule has 112 valence electrons. The number of rotatable bonds is 2. The van der Waals surface area contributed by atoms with Crippen molar-refractivity contribution in [1.82, 2.24) is 10.9 Å². The summed E-state index contributed by atoms with van der Waals surface area (Å²) in [7, 11) is 0. The van der Waals surface area contributed by atoms with E-state index in [1.807, 2.05) is 18.2 Å². The Morgan fingerprint density at radius 2 is 1.77 bits per heavy atom. The van der Waals surface area contributed by atoms with Crippen LogP contribution in [0.1, 0.15) is 15.9 Å². The van der Waals surface area contributed by atoms with Crippen molar-refractivity contribution in [3.05, 3.63) is 65.5 Å². The van der Waals surface area contributed by atoms with Gasteiger partial charge in [0.1, 0.15) is 11.6 Å². The molecule has 5 nitrogen and oxygen atoms in total. The van der Waals surface area contributed by atoms with Gasteiger partial charge in [-0.25, -0.2) is 4.39 Å². The number of para-hydroxylation sites is 1. The lowest BCUT2D eigenvalue weighted by Gasteiger charge is -2.12. The maximum absolute atomic E-state index is 12.8. The molecule has 1 aliphatic heterocycles. The first-order chi connectivity index (χ1) is 10.6. The molecule has 1 atom stereocenters. The van der Waals surface area contributed by atoms with Crippen molar-refractivity contribution < 1.29 is 18.7 Å². The summed E-state index contributed by atoms with van der Waals surface area (Å²) in [5.41, 5.74) is 5.79. The van der Waals surface area contributed by atoms with Crippen molar-refractivity contribution >= 4 is 11.8 Å². The van der Waals surface area contributed by atoms with Crippen molar-refractivity contribution in [1.29, 1.82) is 0 Å². The number of ether oxygens (including phenoxy) is 1. The van der Waals surface area contributed by atoms with E-state index in [2.05, 4.69) is 10.9 Å². The number of fused-ring (bicyclic) bond motifs is 1. The molecule has 2 amide bonds. The summed E-state index contributed by atoms with van der Waals surface area (Å²) in [6.45, 7) is 0. The van der Waals surface area contributed by atoms with Gasteiger partial charge in [0.25, 0.3) is 11.8 Å². The van der Waals surface area contributed by atoms with E-state index >= 15 is 0 Å². The molecule has 0 unspecified atom stereocenters. The lowest BCUT2D eigenvalue weighted by atomic mass is 10.1. The Bertz CT molecular complexity index is 691. The first kappa shape index (κ1) is 14.1. The molecule has 2 aromatic rings. The number of hydrogen-bond donors (Lipinski definition) is 2. The van der Waals surface area contributed by atoms with Crippen molar-refractivity contribution in [2.24, 2.45) is 0 Å². The number of carbonyl (C=O) groups excluding carboxylic acids is 2. The monoisotopic (exact) mass is 300 g/mol. The highest BCUT2D eigenvalue weighted by Gasteiger charge is 2.28. The second-order valence-corrected chi connectivity index (χ2v) is 4.87. The van der Waals surface area contributed by atoms with Gasteiger partial charge in [-0.2, -0.15) is 0 Å². The van der Waals surface area contributed by atoms with E-state index in [-0.39, 0.29) is 5.56 Å². The van der Waals surface area contributed by atoms with Crippen LogP contribution in [0.15, 0.2) is 48.5 Å². The normalized spacial score (nSPS) is 15.6. The van der Waals surface area contributed by atoms with Gasteiger partial charge in [0, 0.05) is 12.0 Å². The molecule has 0 radical (unpaired) electrons. The largest absolute Gasteiger partial charge is 0.480 e. The van der Waals surface area contributed by atoms with Crippen LogP contribution in [-0.2, 0) is 11.2 Å². The Kier molecular flexibility index (Phi) is 3.74. The van der Waals surface area contributed by atoms with E-state index in [1.165, 1.54) is 24.3 Å². The van der Waals surface area contributed by atoms with Gasteiger partial charge in [0.05, 0.1) is 0 Å². The maximum atomic E-state index is 12.8. The SMILES string of the molecule is O=C(NNC(=O)[C@@H]1Cc2ccccc2O1)c1ccc(F)cc1. The fourth-order valence-electron chi connectivity index (χ4n) is 2.20. The zero-order valence-electron chi connectivity index (χ0n) is 11.5. The van der Waals surface area contributed by atoms with Crippen LogP contribution in [0.4, 0.5) is 4.39 Å². The molecule has 0 saturated heterocycles. The second kappa shape index (κ2) is 5.85. The van der Waals surface area contributed by atoms with Crippen LogP contribution in [0.25, 0.3) is 0 Å². The van der Waals surface area contributed by atoms with Gasteiger partial charge in [0.15, 0.2) is 6.10 Å². The average Bonchev–Trinajstić information content (AvgIpc) is 2.97. The van der Waals surface area contributed by atoms with Crippen LogP contribution in [0.5, 0.6) is 5.75 Å². The summed E-state index contributed by atoms with van der Waals surface area (Å²) in [6.07, 6.45) is -0.222. The zero-order chi connectivity index (χ0) is 15.5. The third-order valence-corrected chi connectivity index (χ3v) is 3.35. The molecule has 0 saturated carbocycles. The van der Waals surface area contributed by atoms with Gasteiger partial charge in [-0.3, -0.25) is 20.4 Å². The molecular weight excluding hydrogens is 287 g/mol. The molecule has 0 spiro atoms. The molecule has 0 fully saturated rings. The lowest BCUT2D eigenvalue weighted by Crippen LogP contribution is -2.47. The van der Waals surface area contributed by atoms with Gasteiger partial charge < -0.3 is 4.74 Å². The highest BCUT2D eigenvalue weighted by atomic mass is 19.1. The zero-order valence-corrected chi connectivity index (χ0v) is 11.5. The first-order valence-electron chi connectivity index (χ1n) is 6.74. The first-order valence-corrected chi connectivity index (χ1v) is 6.74. The molecule has 22 heavy (non-hydrogen) atoms. The Balaban J connectivity index is 1.55. The van der Waals surface area contributed by atoms with Crippen molar-refractivity contribution in [3.8, 4) is 5.75 Å². The van der Waals surface area contributed by atoms with Crippen LogP contribution in [-0.4, -0.2) is 17.9 Å². The predicted octanol–water partition coefficient (Wildman–Crippen LogP) is 1.59. The molecule has 2 N–H and O–H groups in total. The standard InChI is InChI=1S/C16H13FN2O3/c17-12-7-5-10(6-8-12)15(20)18-19-16(21)14-9-11-3-1-2-4-13(11)22-14/h1-8,14H,9H2,(H,18,20)(H,19,21)/t14-/m0/s1. The van der Waals surface area contributed by atoms with Gasteiger partial charge in [-0.05, 0) is 35.9 Å². The van der Waals surface area contributed by atoms with E-state index < -0.39 is 23.7 Å². The summed E-state index contributed by atoms with van der Waals surface area (Å²) in [5, 5.41) is 0. The molecule has 0 bridgehead atoms. The average molecular weight is 300 g/mol. The Morgan fingerprint density at radius 1 is 1.05 bits per heavy atom. The van der Waals surface area contributed by atoms with Gasteiger partial charge in [0.2, 0.25) is 0 Å². The van der Waals surface area contributed by atoms with Crippen LogP contribution >= 0.6 is 0 Å². The van der Waals surface area contributed by atoms with Crippen LogP contribution in [0, 0.1) is 5.82 Å². The minimum atomic E-state index is -0.675. The second-order valence-electron chi connectivity index (χ2n) is 4.87. The van der Waals surface area contributed by atoms with E-state index in [0.717, 1.165) is 5.56 Å². The third kappa shape index (κ3) is 2.90. The lowest BCUT2D eigenvalue weighted by molar-refractivity contribution is -0.128. The molecule has 1 heterocycles. The van der Waals surface area contributed by atoms with Gasteiger partial charge in [-0.15, -0.1) is 0 Å². The number of nitrogens with one attached hydrogen (secondary N) is 2. The van der Waals surface area contributed by atoms with Crippen LogP contribution in [0.2, 0.25) is 0 Å². The van der Waals surface area contributed by atoms with Crippen LogP contribution < -0.4 is 15.6 Å². The Morgan fingerprint density at radius 3 is 2.50 bits per heavy atom. The maximum Gasteiger partial charge on any atom is 0.279 e. The highest BCUT2D eigenvalue weighted by molar-refractivity contribution is 5.95. The molecule has 3 rings (SSSR count). The Hall–Kier alpha value is -2.89. The smallest absolute Gasteiger partial charge is 0.279 e. The van der Waals surface area contributed by atoms with E-state index in [4.69, 9.17) is 4.74 Å². The highest BCUT2D eigenvalue weighted by Crippen LogP contribution is 2.27. The fraction of sp³-hybridized carbons (Fsp3) is 0.125. The quantitative estimate of drug-likeness (QED) is 0.828. The summed E-state index contributed by atoms with van der Waals surface area (Å²) in [4.78, 5) is 23.8. The number of hydrogen-bond acceptors (Lipinski definition) is 3. The number of hydrazine groups is 1. The van der Waals surface area contributed by atoms with E-state index in [9.17, 15) is 14.0 Å². The number of halogens is 1. The fourth-order valence-corrected chi connectivity index (χ4v) is 2.20. The van der Waals surface area contributed by atoms with Crippen LogP contribution in [0.3, 0.4) is 0 Å². The van der Waals surface area contributed by atoms with Gasteiger partial charge >= 0.3 is 0 Å². The summed E-state index contributed by atoms with van der Waals surface area (Å²) < 4.78 is 18.3. The number of carbonyl (C=O) groups is 2. The van der Waals surface area contributed by atoms with Gasteiger partial charge in [-0.1, -0.05) is 18.2 Å². The molecule has 0 aliphatic carbocycles. The molecule has 2 aromatic carbocycles.